The maximum Gasteiger partial charge on any atom is 0.264 e. The maximum absolute atomic E-state index is 13.9. The van der Waals surface area contributed by atoms with Gasteiger partial charge in [0.15, 0.2) is 0 Å². The molecule has 0 spiro atoms. The zero-order valence-corrected chi connectivity index (χ0v) is 22.8. The normalized spacial score (nSPS) is 22.9. The predicted molar refractivity (Wildman–Crippen MR) is 146 cm³/mol. The highest BCUT2D eigenvalue weighted by Gasteiger charge is 2.45. The first-order chi connectivity index (χ1) is 18.7. The third-order valence-corrected chi connectivity index (χ3v) is 10.0. The number of hydrogen-bond acceptors (Lipinski definition) is 5. The molecule has 9 heteroatoms. The Bertz CT molecular complexity index is 1360. The molecule has 0 aromatic heterocycles. The molecule has 0 unspecified atom stereocenters. The van der Waals surface area contributed by atoms with Gasteiger partial charge in [0.2, 0.25) is 0 Å². The number of sulfonamides is 1. The fourth-order valence-corrected chi connectivity index (χ4v) is 7.83. The fourth-order valence-electron chi connectivity index (χ4n) is 6.12. The van der Waals surface area contributed by atoms with Crippen LogP contribution in [0.1, 0.15) is 44.1 Å². The highest BCUT2D eigenvalue weighted by molar-refractivity contribution is 7.92. The van der Waals surface area contributed by atoms with Crippen molar-refractivity contribution in [1.82, 2.24) is 4.90 Å². The second-order valence-electron chi connectivity index (χ2n) is 10.4. The topological polar surface area (TPSA) is 70.1 Å². The number of anilines is 1. The summed E-state index contributed by atoms with van der Waals surface area (Å²) in [7, 11) is -2.43. The lowest BCUT2D eigenvalue weighted by molar-refractivity contribution is -0.0849. The maximum atomic E-state index is 13.9. The van der Waals surface area contributed by atoms with Crippen LogP contribution in [0.15, 0.2) is 77.7 Å². The molecule has 208 valence electrons. The van der Waals surface area contributed by atoms with Crippen LogP contribution in [0.3, 0.4) is 0 Å². The van der Waals surface area contributed by atoms with Gasteiger partial charge in [0.1, 0.15) is 23.0 Å². The molecule has 0 amide bonds. The number of rotatable bonds is 7. The molecule has 1 saturated heterocycles. The van der Waals surface area contributed by atoms with Gasteiger partial charge in [-0.25, -0.2) is 17.2 Å². The Morgan fingerprint density at radius 3 is 2.05 bits per heavy atom. The monoisotopic (exact) mass is 556 g/mol. The van der Waals surface area contributed by atoms with E-state index in [1.54, 1.807) is 24.3 Å². The summed E-state index contributed by atoms with van der Waals surface area (Å²) in [4.78, 5) is 2.38. The lowest BCUT2D eigenvalue weighted by atomic mass is 9.74. The van der Waals surface area contributed by atoms with E-state index in [2.05, 4.69) is 4.90 Å². The van der Waals surface area contributed by atoms with E-state index in [1.165, 1.54) is 59.9 Å². The number of piperidine rings is 1. The van der Waals surface area contributed by atoms with Gasteiger partial charge < -0.3 is 9.84 Å². The van der Waals surface area contributed by atoms with Gasteiger partial charge in [0.05, 0.1) is 17.7 Å². The van der Waals surface area contributed by atoms with Crippen molar-refractivity contribution in [2.75, 3.05) is 24.5 Å². The summed E-state index contributed by atoms with van der Waals surface area (Å²) in [6.07, 6.45) is 4.37. The van der Waals surface area contributed by atoms with Gasteiger partial charge in [0, 0.05) is 25.2 Å². The van der Waals surface area contributed by atoms with Crippen LogP contribution in [-0.4, -0.2) is 50.7 Å². The summed E-state index contributed by atoms with van der Waals surface area (Å²) < 4.78 is 61.8. The van der Waals surface area contributed by atoms with Crippen molar-refractivity contribution in [3.05, 3.63) is 90.0 Å². The van der Waals surface area contributed by atoms with Crippen LogP contribution in [0.5, 0.6) is 5.75 Å². The fraction of sp³-hybridized carbons (Fsp3) is 0.400. The van der Waals surface area contributed by atoms with Crippen LogP contribution in [0.2, 0.25) is 0 Å². The highest BCUT2D eigenvalue weighted by atomic mass is 32.2. The van der Waals surface area contributed by atoms with E-state index in [1.807, 2.05) is 0 Å². The van der Waals surface area contributed by atoms with Crippen molar-refractivity contribution in [2.45, 2.75) is 61.1 Å². The molecule has 3 aromatic rings. The van der Waals surface area contributed by atoms with E-state index in [4.69, 9.17) is 4.74 Å². The SMILES string of the molecule is COc1ccc(S(=O)(=O)N(c2ccc(F)cc2)C2CCN([C@@H]3CCCC[C@]3(O)c3ccc(F)cc3)CC2)cc1. The molecular formula is C30H34F2N2O4S. The van der Waals surface area contributed by atoms with E-state index in [9.17, 15) is 22.3 Å². The Hall–Kier alpha value is -3.01. The van der Waals surface area contributed by atoms with E-state index < -0.39 is 21.4 Å². The average molecular weight is 557 g/mol. The number of nitrogens with zero attached hydrogens (tertiary/aromatic N) is 2. The van der Waals surface area contributed by atoms with Crippen molar-refractivity contribution in [3.63, 3.8) is 0 Å². The van der Waals surface area contributed by atoms with Crippen LogP contribution in [0, 0.1) is 11.6 Å². The minimum absolute atomic E-state index is 0.132. The Kier molecular flexibility index (Phi) is 7.94. The molecule has 5 rings (SSSR count). The lowest BCUT2D eigenvalue weighted by Crippen LogP contribution is -2.57. The Morgan fingerprint density at radius 2 is 1.46 bits per heavy atom. The van der Waals surface area contributed by atoms with Crippen LogP contribution in [0.25, 0.3) is 0 Å². The van der Waals surface area contributed by atoms with Gasteiger partial charge in [-0.15, -0.1) is 0 Å². The predicted octanol–water partition coefficient (Wildman–Crippen LogP) is 5.46. The third kappa shape index (κ3) is 5.53. The van der Waals surface area contributed by atoms with E-state index in [0.717, 1.165) is 19.3 Å². The molecule has 0 radical (unpaired) electrons. The van der Waals surface area contributed by atoms with Gasteiger partial charge in [0.25, 0.3) is 10.0 Å². The first-order valence-electron chi connectivity index (χ1n) is 13.4. The summed E-state index contributed by atoms with van der Waals surface area (Å²) in [5.41, 5.74) is 0.0295. The zero-order chi connectivity index (χ0) is 27.6. The Labute approximate surface area is 228 Å². The number of aliphatic hydroxyl groups is 1. The number of hydrogen-bond donors (Lipinski definition) is 1. The van der Waals surface area contributed by atoms with Crippen molar-refractivity contribution < 1.29 is 27.0 Å². The van der Waals surface area contributed by atoms with Gasteiger partial charge in [-0.3, -0.25) is 9.21 Å². The molecule has 1 aliphatic heterocycles. The average Bonchev–Trinajstić information content (AvgIpc) is 2.95. The number of benzene rings is 3. The summed E-state index contributed by atoms with van der Waals surface area (Å²) >= 11 is 0. The van der Waals surface area contributed by atoms with Crippen molar-refractivity contribution >= 4 is 15.7 Å². The number of likely N-dealkylation sites (tertiary alicyclic amines) is 1. The molecular weight excluding hydrogens is 522 g/mol. The number of methoxy groups -OCH3 is 1. The molecule has 3 aromatic carbocycles. The molecule has 2 atom stereocenters. The highest BCUT2D eigenvalue weighted by Crippen LogP contribution is 2.42. The molecule has 1 aliphatic carbocycles. The van der Waals surface area contributed by atoms with E-state index in [-0.39, 0.29) is 22.8 Å². The van der Waals surface area contributed by atoms with Gasteiger partial charge in [-0.1, -0.05) is 25.0 Å². The summed E-state index contributed by atoms with van der Waals surface area (Å²) in [6, 6.07) is 17.4. The minimum atomic E-state index is -3.95. The second-order valence-corrected chi connectivity index (χ2v) is 12.2. The van der Waals surface area contributed by atoms with E-state index >= 15 is 0 Å². The number of ether oxygens (including phenoxy) is 1. The molecule has 1 saturated carbocycles. The number of halogens is 2. The lowest BCUT2D eigenvalue weighted by Gasteiger charge is -2.49. The largest absolute Gasteiger partial charge is 0.497 e. The van der Waals surface area contributed by atoms with Crippen molar-refractivity contribution in [1.29, 1.82) is 0 Å². The first-order valence-corrected chi connectivity index (χ1v) is 14.8. The van der Waals surface area contributed by atoms with Crippen molar-refractivity contribution in [3.8, 4) is 5.75 Å². The van der Waals surface area contributed by atoms with Crippen LogP contribution < -0.4 is 9.04 Å². The molecule has 39 heavy (non-hydrogen) atoms. The molecule has 2 fully saturated rings. The standard InChI is InChI=1S/C30H34F2N2O4S/c1-38-27-13-15-28(16-14-27)39(36,37)34(25-11-9-24(32)10-12-25)26-17-20-33(21-18-26)29-4-2-3-19-30(29,35)22-5-7-23(31)8-6-22/h5-16,26,29,35H,2-4,17-21H2,1H3/t29-,30+/m1/s1. The van der Waals surface area contributed by atoms with Crippen LogP contribution in [0.4, 0.5) is 14.5 Å². The zero-order valence-electron chi connectivity index (χ0n) is 22.0. The second kappa shape index (κ2) is 11.2. The molecule has 1 N–H and O–H groups in total. The van der Waals surface area contributed by atoms with Gasteiger partial charge >= 0.3 is 0 Å². The molecule has 0 bridgehead atoms. The van der Waals surface area contributed by atoms with E-state index in [0.29, 0.717) is 49.4 Å². The molecule has 6 nitrogen and oxygen atoms in total. The molecule has 2 aliphatic rings. The summed E-state index contributed by atoms with van der Waals surface area (Å²) in [6.45, 7) is 1.18. The Balaban J connectivity index is 1.40. The third-order valence-electron chi connectivity index (χ3n) is 8.15. The quantitative estimate of drug-likeness (QED) is 0.418. The van der Waals surface area contributed by atoms with Crippen LogP contribution in [-0.2, 0) is 15.6 Å². The van der Waals surface area contributed by atoms with Gasteiger partial charge in [-0.2, -0.15) is 0 Å². The summed E-state index contributed by atoms with van der Waals surface area (Å²) in [5.74, 6) is -0.223. The summed E-state index contributed by atoms with van der Waals surface area (Å²) in [5, 5.41) is 11.8. The smallest absolute Gasteiger partial charge is 0.264 e. The van der Waals surface area contributed by atoms with Crippen LogP contribution >= 0.6 is 0 Å². The Morgan fingerprint density at radius 1 is 0.872 bits per heavy atom. The first kappa shape index (κ1) is 27.6. The molecule has 1 heterocycles. The minimum Gasteiger partial charge on any atom is -0.497 e. The van der Waals surface area contributed by atoms with Gasteiger partial charge in [-0.05, 0) is 91.9 Å². The van der Waals surface area contributed by atoms with Crippen molar-refractivity contribution in [2.24, 2.45) is 0 Å².